The monoisotopic (exact) mass is 424 g/mol. The third kappa shape index (κ3) is 3.20. The molecule has 152 valence electrons. The van der Waals surface area contributed by atoms with Crippen molar-refractivity contribution < 1.29 is 8.83 Å². The number of aromatic amines is 1. The van der Waals surface area contributed by atoms with Crippen LogP contribution in [-0.4, -0.2) is 21.4 Å². The summed E-state index contributed by atoms with van der Waals surface area (Å²) in [6, 6.07) is 8.32. The number of rotatable bonds is 3. The van der Waals surface area contributed by atoms with E-state index in [0.29, 0.717) is 58.2 Å². The average molecular weight is 425 g/mol. The number of nitrogen functional groups attached to an aromatic ring is 1. The van der Waals surface area contributed by atoms with Crippen LogP contribution in [0, 0.1) is 0 Å². The fourth-order valence-electron chi connectivity index (χ4n) is 3.74. The number of nitrogens with zero attached hydrogens (tertiary/aromatic N) is 2. The predicted octanol–water partition coefficient (Wildman–Crippen LogP) is 2.93. The molecule has 1 aliphatic heterocycles. The highest BCUT2D eigenvalue weighted by Gasteiger charge is 2.24. The molecule has 3 N–H and O–H groups in total. The number of nitrogens with one attached hydrogen (secondary N) is 1. The summed E-state index contributed by atoms with van der Waals surface area (Å²) in [5, 5.41) is 0.828. The van der Waals surface area contributed by atoms with Crippen molar-refractivity contribution in [3.05, 3.63) is 79.0 Å². The van der Waals surface area contributed by atoms with Crippen LogP contribution in [0.4, 0.5) is 5.88 Å². The Morgan fingerprint density at radius 3 is 2.93 bits per heavy atom. The minimum absolute atomic E-state index is 0.0702. The Balaban J connectivity index is 1.46. The molecular weight excluding hydrogens is 408 g/mol. The Morgan fingerprint density at radius 1 is 1.27 bits per heavy atom. The summed E-state index contributed by atoms with van der Waals surface area (Å²) in [7, 11) is 0. The van der Waals surface area contributed by atoms with E-state index in [-0.39, 0.29) is 23.4 Å². The second-order valence-electron chi connectivity index (χ2n) is 7.19. The van der Waals surface area contributed by atoms with E-state index in [9.17, 15) is 9.59 Å². The Hall–Kier alpha value is -3.36. The minimum Gasteiger partial charge on any atom is -0.461 e. The van der Waals surface area contributed by atoms with Crippen molar-refractivity contribution in [3.63, 3.8) is 0 Å². The third-order valence-corrected chi connectivity index (χ3v) is 5.50. The summed E-state index contributed by atoms with van der Waals surface area (Å²) in [4.78, 5) is 34.9. The third-order valence-electron chi connectivity index (χ3n) is 5.26. The van der Waals surface area contributed by atoms with Gasteiger partial charge in [-0.2, -0.15) is 0 Å². The Kier molecular flexibility index (Phi) is 4.45. The molecule has 4 heterocycles. The summed E-state index contributed by atoms with van der Waals surface area (Å²) >= 11 is 6.02. The summed E-state index contributed by atoms with van der Waals surface area (Å²) < 4.78 is 10.9. The highest BCUT2D eigenvalue weighted by molar-refractivity contribution is 6.31. The lowest BCUT2D eigenvalue weighted by molar-refractivity contribution is 0.240. The molecule has 0 fully saturated rings. The SMILES string of the molecule is Nc1oc2ccc(Cl)cc2c(=O)c1CN1CCc2nc(-c3ccco3)[nH]c(=O)c2C1. The number of benzene rings is 1. The largest absolute Gasteiger partial charge is 0.461 e. The average Bonchev–Trinajstić information content (AvgIpc) is 3.27. The summed E-state index contributed by atoms with van der Waals surface area (Å²) in [5.74, 6) is 0.992. The van der Waals surface area contributed by atoms with Crippen molar-refractivity contribution in [2.24, 2.45) is 0 Å². The molecule has 30 heavy (non-hydrogen) atoms. The maximum Gasteiger partial charge on any atom is 0.256 e. The van der Waals surface area contributed by atoms with Crippen LogP contribution >= 0.6 is 11.6 Å². The second kappa shape index (κ2) is 7.16. The fourth-order valence-corrected chi connectivity index (χ4v) is 3.91. The van der Waals surface area contributed by atoms with E-state index in [1.54, 1.807) is 30.3 Å². The first kappa shape index (κ1) is 18.7. The minimum atomic E-state index is -0.221. The molecule has 1 aliphatic rings. The Labute approximate surface area is 174 Å². The molecule has 0 radical (unpaired) electrons. The zero-order valence-electron chi connectivity index (χ0n) is 15.8. The molecule has 0 spiro atoms. The van der Waals surface area contributed by atoms with Gasteiger partial charge >= 0.3 is 0 Å². The predicted molar refractivity (Wildman–Crippen MR) is 112 cm³/mol. The maximum atomic E-state index is 12.9. The lowest BCUT2D eigenvalue weighted by Crippen LogP contribution is -2.36. The van der Waals surface area contributed by atoms with Crippen molar-refractivity contribution in [2.75, 3.05) is 12.3 Å². The highest BCUT2D eigenvalue weighted by atomic mass is 35.5. The van der Waals surface area contributed by atoms with Gasteiger partial charge in [-0.25, -0.2) is 4.98 Å². The number of fused-ring (bicyclic) bond motifs is 2. The fraction of sp³-hybridized carbons (Fsp3) is 0.190. The normalized spacial score (nSPS) is 14.2. The van der Waals surface area contributed by atoms with E-state index in [0.717, 1.165) is 5.69 Å². The number of anilines is 1. The van der Waals surface area contributed by atoms with Gasteiger partial charge in [-0.05, 0) is 30.3 Å². The lowest BCUT2D eigenvalue weighted by atomic mass is 10.1. The van der Waals surface area contributed by atoms with Gasteiger partial charge in [0.2, 0.25) is 0 Å². The molecule has 0 atom stereocenters. The number of furan rings is 1. The highest BCUT2D eigenvalue weighted by Crippen LogP contribution is 2.24. The lowest BCUT2D eigenvalue weighted by Gasteiger charge is -2.27. The Morgan fingerprint density at radius 2 is 2.13 bits per heavy atom. The summed E-state index contributed by atoms with van der Waals surface area (Å²) in [5.41, 5.74) is 7.63. The van der Waals surface area contributed by atoms with Gasteiger partial charge < -0.3 is 19.6 Å². The van der Waals surface area contributed by atoms with Crippen LogP contribution < -0.4 is 16.7 Å². The zero-order valence-corrected chi connectivity index (χ0v) is 16.5. The van der Waals surface area contributed by atoms with Crippen molar-refractivity contribution in [1.82, 2.24) is 14.9 Å². The van der Waals surface area contributed by atoms with Crippen LogP contribution in [0.3, 0.4) is 0 Å². The van der Waals surface area contributed by atoms with Gasteiger partial charge in [-0.3, -0.25) is 14.5 Å². The van der Waals surface area contributed by atoms with Gasteiger partial charge in [0.15, 0.2) is 22.9 Å². The van der Waals surface area contributed by atoms with Crippen molar-refractivity contribution in [1.29, 1.82) is 0 Å². The molecule has 0 aliphatic carbocycles. The summed E-state index contributed by atoms with van der Waals surface area (Å²) in [6.07, 6.45) is 2.10. The first-order chi connectivity index (χ1) is 14.5. The van der Waals surface area contributed by atoms with Crippen LogP contribution in [0.1, 0.15) is 16.8 Å². The second-order valence-corrected chi connectivity index (χ2v) is 7.63. The maximum absolute atomic E-state index is 12.9. The first-order valence-corrected chi connectivity index (χ1v) is 9.76. The van der Waals surface area contributed by atoms with E-state index in [4.69, 9.17) is 26.2 Å². The van der Waals surface area contributed by atoms with Crippen LogP contribution in [0.25, 0.3) is 22.6 Å². The van der Waals surface area contributed by atoms with Crippen molar-refractivity contribution in [2.45, 2.75) is 19.5 Å². The van der Waals surface area contributed by atoms with Gasteiger partial charge in [-0.15, -0.1) is 0 Å². The molecule has 4 aromatic rings. The van der Waals surface area contributed by atoms with Gasteiger partial charge in [0.05, 0.1) is 28.5 Å². The molecule has 0 amide bonds. The molecular formula is C21H17ClN4O4. The first-order valence-electron chi connectivity index (χ1n) is 9.38. The molecule has 1 aromatic carbocycles. The smallest absolute Gasteiger partial charge is 0.256 e. The Bertz CT molecular complexity index is 1370. The van der Waals surface area contributed by atoms with Crippen molar-refractivity contribution in [3.8, 4) is 11.6 Å². The number of hydrogen-bond donors (Lipinski definition) is 2. The molecule has 5 rings (SSSR count). The van der Waals surface area contributed by atoms with E-state index >= 15 is 0 Å². The van der Waals surface area contributed by atoms with Gasteiger partial charge in [-0.1, -0.05) is 11.6 Å². The molecule has 0 saturated heterocycles. The number of hydrogen-bond acceptors (Lipinski definition) is 7. The quantitative estimate of drug-likeness (QED) is 0.519. The molecule has 3 aromatic heterocycles. The van der Waals surface area contributed by atoms with E-state index in [2.05, 4.69) is 9.97 Å². The van der Waals surface area contributed by atoms with Gasteiger partial charge in [0, 0.05) is 31.1 Å². The standard InChI is InChI=1S/C21H17ClN4O4/c22-11-3-4-16-12(8-11)18(27)14(19(23)30-16)10-26-6-5-15-13(9-26)21(28)25-20(24-15)17-2-1-7-29-17/h1-4,7-8H,5-6,9-10,23H2,(H,24,25,28). The van der Waals surface area contributed by atoms with Gasteiger partial charge in [0.1, 0.15) is 5.58 Å². The molecule has 9 heteroatoms. The van der Waals surface area contributed by atoms with E-state index in [1.807, 2.05) is 4.90 Å². The van der Waals surface area contributed by atoms with E-state index < -0.39 is 0 Å². The van der Waals surface area contributed by atoms with Crippen LogP contribution in [0.2, 0.25) is 5.02 Å². The number of halogens is 1. The molecule has 0 bridgehead atoms. The number of H-pyrrole nitrogens is 1. The molecule has 8 nitrogen and oxygen atoms in total. The molecule has 0 saturated carbocycles. The van der Waals surface area contributed by atoms with Crippen LogP contribution in [-0.2, 0) is 19.5 Å². The van der Waals surface area contributed by atoms with Crippen molar-refractivity contribution >= 4 is 28.5 Å². The zero-order chi connectivity index (χ0) is 20.8. The van der Waals surface area contributed by atoms with E-state index in [1.165, 1.54) is 6.26 Å². The number of aromatic nitrogens is 2. The number of nitrogens with two attached hydrogens (primary N) is 1. The van der Waals surface area contributed by atoms with Gasteiger partial charge in [0.25, 0.3) is 5.56 Å². The topological polar surface area (TPSA) is 118 Å². The summed E-state index contributed by atoms with van der Waals surface area (Å²) in [6.45, 7) is 1.23. The van der Waals surface area contributed by atoms with Crippen LogP contribution in [0.15, 0.2) is 55.0 Å². The van der Waals surface area contributed by atoms with Crippen LogP contribution in [0.5, 0.6) is 0 Å². The molecule has 0 unspecified atom stereocenters.